The summed E-state index contributed by atoms with van der Waals surface area (Å²) >= 11 is 0. The van der Waals surface area contributed by atoms with Gasteiger partial charge in [-0.3, -0.25) is 9.59 Å². The molecule has 1 atom stereocenters. The Morgan fingerprint density at radius 3 is 2.37 bits per heavy atom. The molecule has 27 heavy (non-hydrogen) atoms. The van der Waals surface area contributed by atoms with Crippen molar-refractivity contribution in [1.82, 2.24) is 15.5 Å². The molecular weight excluding hydrogens is 362 g/mol. The Kier molecular flexibility index (Phi) is 9.81. The van der Waals surface area contributed by atoms with Crippen molar-refractivity contribution in [3.8, 4) is 0 Å². The minimum atomic E-state index is -0.479. The van der Waals surface area contributed by atoms with E-state index in [1.54, 1.807) is 6.07 Å². The third-order valence-electron chi connectivity index (χ3n) is 5.22. The Balaban J connectivity index is 0.00000364. The number of aryl methyl sites for hydroxylation is 1. The van der Waals surface area contributed by atoms with E-state index in [1.807, 2.05) is 43.9 Å². The number of nitrogens with one attached hydrogen (secondary N) is 2. The molecule has 1 heterocycles. The zero-order valence-corrected chi connectivity index (χ0v) is 17.8. The molecule has 1 aliphatic rings. The third kappa shape index (κ3) is 6.51. The zero-order valence-electron chi connectivity index (χ0n) is 17.0. The first kappa shape index (κ1) is 23.4. The van der Waals surface area contributed by atoms with Gasteiger partial charge >= 0.3 is 0 Å². The number of hydrogen-bond donors (Lipinski definition) is 2. The highest BCUT2D eigenvalue weighted by molar-refractivity contribution is 5.98. The summed E-state index contributed by atoms with van der Waals surface area (Å²) in [5, 5.41) is 6.37. The van der Waals surface area contributed by atoms with Crippen LogP contribution in [0.4, 0.5) is 0 Å². The molecule has 1 fully saturated rings. The highest BCUT2D eigenvalue weighted by atomic mass is 35.5. The number of benzene rings is 1. The smallest absolute Gasteiger partial charge is 0.252 e. The number of hydrogen-bond acceptors (Lipinski definition) is 3. The first-order valence-corrected chi connectivity index (χ1v) is 9.80. The van der Waals surface area contributed by atoms with E-state index in [9.17, 15) is 9.59 Å². The number of nitrogens with zero attached hydrogens (tertiary/aromatic N) is 1. The number of amides is 2. The van der Waals surface area contributed by atoms with Crippen LogP contribution >= 0.6 is 12.4 Å². The summed E-state index contributed by atoms with van der Waals surface area (Å²) in [6, 6.07) is 7.00. The molecule has 0 spiro atoms. The van der Waals surface area contributed by atoms with Gasteiger partial charge in [0.2, 0.25) is 5.91 Å². The third-order valence-corrected chi connectivity index (χ3v) is 5.22. The quantitative estimate of drug-likeness (QED) is 0.746. The number of halogens is 1. The van der Waals surface area contributed by atoms with Crippen LogP contribution in [-0.2, 0) is 4.79 Å². The van der Waals surface area contributed by atoms with Crippen molar-refractivity contribution in [2.75, 3.05) is 26.2 Å². The molecule has 0 radical (unpaired) electrons. The fraction of sp³-hybridized carbons (Fsp3) is 0.619. The molecule has 2 amide bonds. The van der Waals surface area contributed by atoms with Crippen LogP contribution in [0.3, 0.4) is 0 Å². The Labute approximate surface area is 169 Å². The van der Waals surface area contributed by atoms with Crippen molar-refractivity contribution >= 4 is 24.2 Å². The molecule has 1 saturated heterocycles. The first-order valence-electron chi connectivity index (χ1n) is 9.80. The van der Waals surface area contributed by atoms with Crippen molar-refractivity contribution in [2.45, 2.75) is 46.6 Å². The minimum absolute atomic E-state index is 0. The molecule has 1 unspecified atom stereocenters. The standard InChI is InChI=1S/C21H33N3O2.ClH/c1-5-22-14-17-10-12-24(13-11-17)21(26)19(15(2)3)23-20(25)18-9-7-6-8-16(18)4;/h6-9,15,17,19,22H,5,10-14H2,1-4H3,(H,23,25);1H. The summed E-state index contributed by atoms with van der Waals surface area (Å²) in [7, 11) is 0. The van der Waals surface area contributed by atoms with E-state index in [1.165, 1.54) is 0 Å². The molecular formula is C21H34ClN3O2. The highest BCUT2D eigenvalue weighted by Gasteiger charge is 2.31. The second-order valence-corrected chi connectivity index (χ2v) is 7.59. The van der Waals surface area contributed by atoms with E-state index in [0.29, 0.717) is 11.5 Å². The lowest BCUT2D eigenvalue weighted by Crippen LogP contribution is -2.53. The van der Waals surface area contributed by atoms with Crippen molar-refractivity contribution in [3.05, 3.63) is 35.4 Å². The van der Waals surface area contributed by atoms with Crippen LogP contribution in [0.2, 0.25) is 0 Å². The molecule has 6 heteroatoms. The molecule has 1 aromatic carbocycles. The molecule has 0 bridgehead atoms. The Morgan fingerprint density at radius 2 is 1.81 bits per heavy atom. The van der Waals surface area contributed by atoms with Gasteiger partial charge in [-0.25, -0.2) is 0 Å². The van der Waals surface area contributed by atoms with Gasteiger partial charge in [-0.15, -0.1) is 12.4 Å². The van der Waals surface area contributed by atoms with Gasteiger partial charge in [-0.2, -0.15) is 0 Å². The maximum absolute atomic E-state index is 13.0. The van der Waals surface area contributed by atoms with Crippen molar-refractivity contribution in [2.24, 2.45) is 11.8 Å². The van der Waals surface area contributed by atoms with Gasteiger partial charge in [0, 0.05) is 18.7 Å². The van der Waals surface area contributed by atoms with Gasteiger partial charge in [-0.05, 0) is 56.3 Å². The first-order chi connectivity index (χ1) is 12.4. The number of piperidine rings is 1. The molecule has 2 N–H and O–H groups in total. The number of carbonyl (C=O) groups excluding carboxylic acids is 2. The van der Waals surface area contributed by atoms with Gasteiger partial charge in [0.1, 0.15) is 6.04 Å². The maximum Gasteiger partial charge on any atom is 0.252 e. The molecule has 0 saturated carbocycles. The molecule has 0 aromatic heterocycles. The van der Waals surface area contributed by atoms with Gasteiger partial charge < -0.3 is 15.5 Å². The molecule has 5 nitrogen and oxygen atoms in total. The van der Waals surface area contributed by atoms with Crippen molar-refractivity contribution < 1.29 is 9.59 Å². The number of likely N-dealkylation sites (tertiary alicyclic amines) is 1. The highest BCUT2D eigenvalue weighted by Crippen LogP contribution is 2.19. The predicted molar refractivity (Wildman–Crippen MR) is 112 cm³/mol. The van der Waals surface area contributed by atoms with E-state index in [-0.39, 0.29) is 30.1 Å². The van der Waals surface area contributed by atoms with Gasteiger partial charge in [0.15, 0.2) is 0 Å². The summed E-state index contributed by atoms with van der Waals surface area (Å²) in [6.07, 6.45) is 2.05. The number of carbonyl (C=O) groups is 2. The van der Waals surface area contributed by atoms with Crippen LogP contribution < -0.4 is 10.6 Å². The van der Waals surface area contributed by atoms with Crippen molar-refractivity contribution in [1.29, 1.82) is 0 Å². The maximum atomic E-state index is 13.0. The summed E-state index contributed by atoms with van der Waals surface area (Å²) in [6.45, 7) is 11.6. The Bertz CT molecular complexity index is 613. The molecule has 0 aliphatic carbocycles. The number of rotatable bonds is 7. The average molecular weight is 396 g/mol. The minimum Gasteiger partial charge on any atom is -0.341 e. The summed E-state index contributed by atoms with van der Waals surface area (Å²) in [5.74, 6) is 0.564. The van der Waals surface area contributed by atoms with Gasteiger partial charge in [0.05, 0.1) is 0 Å². The lowest BCUT2D eigenvalue weighted by molar-refractivity contribution is -0.135. The van der Waals surface area contributed by atoms with Crippen LogP contribution in [0, 0.1) is 18.8 Å². The average Bonchev–Trinajstić information content (AvgIpc) is 2.64. The van der Waals surface area contributed by atoms with E-state index < -0.39 is 6.04 Å². The normalized spacial score (nSPS) is 16.0. The molecule has 1 aromatic rings. The predicted octanol–water partition coefficient (Wildman–Crippen LogP) is 3.02. The van der Waals surface area contributed by atoms with E-state index in [0.717, 1.165) is 44.6 Å². The van der Waals surface area contributed by atoms with Crippen molar-refractivity contribution in [3.63, 3.8) is 0 Å². The Morgan fingerprint density at radius 1 is 1.19 bits per heavy atom. The lowest BCUT2D eigenvalue weighted by atomic mass is 9.94. The fourth-order valence-corrected chi connectivity index (χ4v) is 3.46. The second-order valence-electron chi connectivity index (χ2n) is 7.59. The van der Waals surface area contributed by atoms with Gasteiger partial charge in [-0.1, -0.05) is 39.0 Å². The van der Waals surface area contributed by atoms with Crippen LogP contribution in [0.5, 0.6) is 0 Å². The van der Waals surface area contributed by atoms with Crippen LogP contribution in [0.15, 0.2) is 24.3 Å². The summed E-state index contributed by atoms with van der Waals surface area (Å²) < 4.78 is 0. The SMILES string of the molecule is CCNCC1CCN(C(=O)C(NC(=O)c2ccccc2C)C(C)C)CC1.Cl. The second kappa shape index (κ2) is 11.3. The van der Waals surface area contributed by atoms with E-state index in [2.05, 4.69) is 17.6 Å². The Hall–Kier alpha value is -1.59. The largest absolute Gasteiger partial charge is 0.341 e. The topological polar surface area (TPSA) is 61.4 Å². The fourth-order valence-electron chi connectivity index (χ4n) is 3.46. The molecule has 1 aliphatic heterocycles. The zero-order chi connectivity index (χ0) is 19.1. The lowest BCUT2D eigenvalue weighted by Gasteiger charge is -2.35. The molecule has 2 rings (SSSR count). The van der Waals surface area contributed by atoms with E-state index in [4.69, 9.17) is 0 Å². The van der Waals surface area contributed by atoms with E-state index >= 15 is 0 Å². The monoisotopic (exact) mass is 395 g/mol. The molecule has 152 valence electrons. The van der Waals surface area contributed by atoms with Gasteiger partial charge in [0.25, 0.3) is 5.91 Å². The van der Waals surface area contributed by atoms with Crippen LogP contribution in [-0.4, -0.2) is 48.9 Å². The summed E-state index contributed by atoms with van der Waals surface area (Å²) in [4.78, 5) is 27.6. The summed E-state index contributed by atoms with van der Waals surface area (Å²) in [5.41, 5.74) is 1.56. The van der Waals surface area contributed by atoms with Crippen LogP contribution in [0.25, 0.3) is 0 Å². The van der Waals surface area contributed by atoms with Crippen LogP contribution in [0.1, 0.15) is 49.5 Å².